The number of benzene rings is 2. The van der Waals surface area contributed by atoms with E-state index in [1.165, 1.54) is 42.6 Å². The number of carbonyl (C=O) groups excluding carboxylic acids is 1. The molecule has 2 N–H and O–H groups in total. The first-order valence-electron chi connectivity index (χ1n) is 11.1. The topological polar surface area (TPSA) is 113 Å². The van der Waals surface area contributed by atoms with E-state index in [1.807, 2.05) is 0 Å². The van der Waals surface area contributed by atoms with Gasteiger partial charge in [0.2, 0.25) is 11.0 Å². The Morgan fingerprint density at radius 1 is 1.11 bits per heavy atom. The van der Waals surface area contributed by atoms with E-state index in [0.717, 1.165) is 10.4 Å². The molecule has 1 aliphatic heterocycles. The normalized spacial score (nSPS) is 16.4. The molecule has 0 bridgehead atoms. The molecule has 1 aliphatic rings. The molecule has 1 atom stereocenters. The van der Waals surface area contributed by atoms with Gasteiger partial charge in [-0.25, -0.2) is 17.2 Å². The molecular weight excluding hydrogens is 492 g/mol. The Kier molecular flexibility index (Phi) is 6.19. The highest BCUT2D eigenvalue weighted by Gasteiger charge is 2.41. The number of sulfonamides is 1. The quantitative estimate of drug-likeness (QED) is 0.404. The minimum atomic E-state index is -4.13. The summed E-state index contributed by atoms with van der Waals surface area (Å²) in [4.78, 5) is 17.2. The zero-order valence-electron chi connectivity index (χ0n) is 18.8. The highest BCUT2D eigenvalue weighted by molar-refractivity contribution is 7.89. The molecule has 0 radical (unpaired) electrons. The highest BCUT2D eigenvalue weighted by Crippen LogP contribution is 2.31. The highest BCUT2D eigenvalue weighted by atomic mass is 32.2. The Hall–Kier alpha value is -3.83. The third-order valence-corrected chi connectivity index (χ3v) is 7.82. The van der Waals surface area contributed by atoms with Crippen molar-refractivity contribution in [3.63, 3.8) is 0 Å². The molecule has 1 unspecified atom stereocenters. The Labute approximate surface area is 205 Å². The summed E-state index contributed by atoms with van der Waals surface area (Å²) in [5.74, 6) is -1.82. The zero-order valence-corrected chi connectivity index (χ0v) is 19.6. The molecule has 11 heteroatoms. The van der Waals surface area contributed by atoms with Crippen LogP contribution in [0.1, 0.15) is 18.4 Å². The van der Waals surface area contributed by atoms with Gasteiger partial charge in [0, 0.05) is 42.4 Å². The largest absolute Gasteiger partial charge is 0.507 e. The van der Waals surface area contributed by atoms with E-state index in [4.69, 9.17) is 4.42 Å². The van der Waals surface area contributed by atoms with Gasteiger partial charge in [0.25, 0.3) is 10.0 Å². The third-order valence-electron chi connectivity index (χ3n) is 6.05. The number of phenolic OH excluding ortho intramolecular Hbond substituents is 1. The van der Waals surface area contributed by atoms with Crippen LogP contribution >= 0.6 is 0 Å². The van der Waals surface area contributed by atoms with Crippen LogP contribution in [0.2, 0.25) is 0 Å². The fraction of sp³-hybridized carbons (Fsp3) is 0.200. The van der Waals surface area contributed by atoms with Crippen LogP contribution in [-0.4, -0.2) is 41.3 Å². The summed E-state index contributed by atoms with van der Waals surface area (Å²) in [6, 6.07) is 10.9. The maximum absolute atomic E-state index is 13.5. The predicted molar refractivity (Wildman–Crippen MR) is 126 cm³/mol. The fourth-order valence-corrected chi connectivity index (χ4v) is 5.89. The fourth-order valence-electron chi connectivity index (χ4n) is 4.28. The summed E-state index contributed by atoms with van der Waals surface area (Å²) < 4.78 is 59.8. The monoisotopic (exact) mass is 513 g/mol. The van der Waals surface area contributed by atoms with E-state index in [9.17, 15) is 27.1 Å². The number of hydrogen-bond donors (Lipinski definition) is 2. The van der Waals surface area contributed by atoms with Crippen LogP contribution in [0.5, 0.6) is 5.75 Å². The molecule has 186 valence electrons. The number of rotatable bonds is 6. The van der Waals surface area contributed by atoms with Crippen LogP contribution < -0.4 is 5.32 Å². The molecule has 1 fully saturated rings. The average molecular weight is 514 g/mol. The molecule has 1 amide bonds. The molecule has 4 aromatic rings. The lowest BCUT2D eigenvalue weighted by Gasteiger charge is -2.22. The number of amides is 1. The van der Waals surface area contributed by atoms with Crippen molar-refractivity contribution in [2.45, 2.75) is 30.5 Å². The smallest absolute Gasteiger partial charge is 0.277 e. The minimum absolute atomic E-state index is 0.0879. The lowest BCUT2D eigenvalue weighted by atomic mass is 10.1. The van der Waals surface area contributed by atoms with E-state index in [0.29, 0.717) is 35.0 Å². The van der Waals surface area contributed by atoms with Gasteiger partial charge in [-0.05, 0) is 60.9 Å². The second kappa shape index (κ2) is 9.32. The lowest BCUT2D eigenvalue weighted by Crippen LogP contribution is -2.45. The Bertz CT molecular complexity index is 1570. The lowest BCUT2D eigenvalue weighted by molar-refractivity contribution is -0.124. The summed E-state index contributed by atoms with van der Waals surface area (Å²) in [6.45, 7) is 0.236. The maximum atomic E-state index is 13.5. The van der Waals surface area contributed by atoms with Crippen molar-refractivity contribution in [3.8, 4) is 17.0 Å². The Morgan fingerprint density at radius 2 is 1.89 bits per heavy atom. The van der Waals surface area contributed by atoms with Gasteiger partial charge in [-0.1, -0.05) is 0 Å². The number of nitrogens with one attached hydrogen (secondary N) is 1. The molecule has 2 aromatic carbocycles. The molecule has 1 saturated heterocycles. The van der Waals surface area contributed by atoms with Crippen LogP contribution in [-0.2, 0) is 21.4 Å². The number of nitrogens with zero attached hydrogens (tertiary/aromatic N) is 2. The summed E-state index contributed by atoms with van der Waals surface area (Å²) in [7, 11) is -4.13. The van der Waals surface area contributed by atoms with Crippen molar-refractivity contribution in [1.82, 2.24) is 14.6 Å². The average Bonchev–Trinajstić information content (AvgIpc) is 3.51. The van der Waals surface area contributed by atoms with Crippen molar-refractivity contribution < 1.29 is 31.5 Å². The molecule has 0 saturated carbocycles. The Balaban J connectivity index is 1.31. The maximum Gasteiger partial charge on any atom is 0.277 e. The van der Waals surface area contributed by atoms with Crippen molar-refractivity contribution >= 4 is 26.9 Å². The van der Waals surface area contributed by atoms with Crippen LogP contribution in [0, 0.1) is 11.6 Å². The molecule has 2 aromatic heterocycles. The second-order valence-corrected chi connectivity index (χ2v) is 10.3. The third kappa shape index (κ3) is 4.54. The standard InChI is InChI=1S/C25H21F2N3O5S/c26-17-4-6-23-16(11-17)12-24(35-23)36(33,34)30-9-1-2-21(30)25(32)29-14-15-7-8-28-20(10-15)19-5-3-18(27)13-22(19)31/h3-8,10-13,21,31H,1-2,9,14H2,(H,29,32). The van der Waals surface area contributed by atoms with Gasteiger partial charge in [-0.2, -0.15) is 4.31 Å². The summed E-state index contributed by atoms with van der Waals surface area (Å²) in [5.41, 5.74) is 1.62. The van der Waals surface area contributed by atoms with Gasteiger partial charge in [0.05, 0.1) is 5.69 Å². The van der Waals surface area contributed by atoms with Gasteiger partial charge in [-0.15, -0.1) is 0 Å². The van der Waals surface area contributed by atoms with Gasteiger partial charge in [-0.3, -0.25) is 9.78 Å². The number of fused-ring (bicyclic) bond motifs is 1. The summed E-state index contributed by atoms with van der Waals surface area (Å²) >= 11 is 0. The van der Waals surface area contributed by atoms with Crippen LogP contribution in [0.4, 0.5) is 8.78 Å². The molecular formula is C25H21F2N3O5S. The first-order chi connectivity index (χ1) is 17.2. The Morgan fingerprint density at radius 3 is 2.69 bits per heavy atom. The molecule has 36 heavy (non-hydrogen) atoms. The first kappa shape index (κ1) is 23.9. The molecule has 8 nitrogen and oxygen atoms in total. The number of carbonyl (C=O) groups is 1. The van der Waals surface area contributed by atoms with E-state index in [-0.39, 0.29) is 29.5 Å². The zero-order chi connectivity index (χ0) is 25.4. The number of pyridine rings is 1. The van der Waals surface area contributed by atoms with Gasteiger partial charge >= 0.3 is 0 Å². The van der Waals surface area contributed by atoms with Gasteiger partial charge in [0.1, 0.15) is 29.0 Å². The number of aromatic hydroxyl groups is 1. The number of aromatic nitrogens is 1. The second-order valence-electron chi connectivity index (χ2n) is 8.45. The van der Waals surface area contributed by atoms with Crippen LogP contribution in [0.3, 0.4) is 0 Å². The van der Waals surface area contributed by atoms with Crippen molar-refractivity contribution in [1.29, 1.82) is 0 Å². The van der Waals surface area contributed by atoms with Crippen molar-refractivity contribution in [3.05, 3.63) is 78.0 Å². The minimum Gasteiger partial charge on any atom is -0.507 e. The van der Waals surface area contributed by atoms with Crippen molar-refractivity contribution in [2.24, 2.45) is 0 Å². The molecule has 3 heterocycles. The first-order valence-corrected chi connectivity index (χ1v) is 12.6. The van der Waals surface area contributed by atoms with Gasteiger partial charge in [0.15, 0.2) is 0 Å². The molecule has 0 aliphatic carbocycles. The number of hydrogen-bond acceptors (Lipinski definition) is 6. The molecule has 5 rings (SSSR count). The van der Waals surface area contributed by atoms with E-state index in [1.54, 1.807) is 12.1 Å². The van der Waals surface area contributed by atoms with Gasteiger partial charge < -0.3 is 14.8 Å². The summed E-state index contributed by atoms with van der Waals surface area (Å²) in [5, 5.41) is 12.7. The van der Waals surface area contributed by atoms with E-state index >= 15 is 0 Å². The SMILES string of the molecule is O=C(NCc1ccnc(-c2ccc(F)cc2O)c1)C1CCCN1S(=O)(=O)c1cc2cc(F)ccc2o1. The molecule has 0 spiro atoms. The summed E-state index contributed by atoms with van der Waals surface area (Å²) in [6.07, 6.45) is 2.33. The van der Waals surface area contributed by atoms with Crippen LogP contribution in [0.15, 0.2) is 70.3 Å². The van der Waals surface area contributed by atoms with Crippen molar-refractivity contribution in [2.75, 3.05) is 6.54 Å². The number of phenols is 1. The van der Waals surface area contributed by atoms with Crippen LogP contribution in [0.25, 0.3) is 22.2 Å². The van der Waals surface area contributed by atoms with E-state index in [2.05, 4.69) is 10.3 Å². The van der Waals surface area contributed by atoms with E-state index < -0.39 is 33.6 Å². The predicted octanol–water partition coefficient (Wildman–Crippen LogP) is 3.95. The number of furan rings is 1. The number of halogens is 2.